The van der Waals surface area contributed by atoms with Crippen LogP contribution in [0.15, 0.2) is 42.5 Å². The van der Waals surface area contributed by atoms with Crippen molar-refractivity contribution in [2.24, 2.45) is 0 Å². The van der Waals surface area contributed by atoms with Crippen molar-refractivity contribution in [3.05, 3.63) is 69.3 Å². The fraction of sp³-hybridized carbons (Fsp3) is 0.158. The summed E-state index contributed by atoms with van der Waals surface area (Å²) in [4.78, 5) is 34.7. The van der Waals surface area contributed by atoms with E-state index in [1.54, 1.807) is 26.0 Å². The number of methoxy groups -OCH3 is 1. The van der Waals surface area contributed by atoms with E-state index in [0.29, 0.717) is 11.3 Å². The minimum atomic E-state index is -1.10. The van der Waals surface area contributed by atoms with Crippen molar-refractivity contribution in [2.75, 3.05) is 12.4 Å². The highest BCUT2D eigenvalue weighted by Gasteiger charge is 2.20. The minimum absolute atomic E-state index is 0.0873. The highest BCUT2D eigenvalue weighted by atomic mass is 16.6. The summed E-state index contributed by atoms with van der Waals surface area (Å²) in [5.74, 6) is -2.11. The van der Waals surface area contributed by atoms with Gasteiger partial charge in [-0.1, -0.05) is 12.1 Å². The SMILES string of the molecule is COc1cccc(C(O)=CC(=O)C(=O)Nc2cc(C)c(C)cc2[N+](=O)[O-])c1. The van der Waals surface area contributed by atoms with E-state index < -0.39 is 22.4 Å². The van der Waals surface area contributed by atoms with Gasteiger partial charge in [0.1, 0.15) is 17.2 Å². The topological polar surface area (TPSA) is 119 Å². The van der Waals surface area contributed by atoms with Crippen LogP contribution < -0.4 is 10.1 Å². The van der Waals surface area contributed by atoms with E-state index in [9.17, 15) is 24.8 Å². The molecule has 0 aliphatic carbocycles. The quantitative estimate of drug-likeness (QED) is 0.265. The summed E-state index contributed by atoms with van der Waals surface area (Å²) in [7, 11) is 1.45. The van der Waals surface area contributed by atoms with Crippen LogP contribution in [0.4, 0.5) is 11.4 Å². The third-order valence-electron chi connectivity index (χ3n) is 3.91. The second kappa shape index (κ2) is 8.13. The first-order valence-corrected chi connectivity index (χ1v) is 7.89. The molecule has 0 unspecified atom stereocenters. The number of amides is 1. The first-order valence-electron chi connectivity index (χ1n) is 7.89. The lowest BCUT2D eigenvalue weighted by atomic mass is 10.1. The van der Waals surface area contributed by atoms with Gasteiger partial charge in [-0.25, -0.2) is 0 Å². The Morgan fingerprint density at radius 1 is 1.19 bits per heavy atom. The van der Waals surface area contributed by atoms with Crippen molar-refractivity contribution in [3.63, 3.8) is 0 Å². The molecule has 8 heteroatoms. The number of carbonyl (C=O) groups is 2. The Morgan fingerprint density at radius 2 is 1.85 bits per heavy atom. The molecule has 2 rings (SSSR count). The molecule has 8 nitrogen and oxygen atoms in total. The molecule has 0 spiro atoms. The number of aliphatic hydroxyl groups excluding tert-OH is 1. The number of nitrogens with one attached hydrogen (secondary N) is 1. The Morgan fingerprint density at radius 3 is 2.48 bits per heavy atom. The molecule has 0 radical (unpaired) electrons. The first kappa shape index (κ1) is 19.6. The zero-order valence-electron chi connectivity index (χ0n) is 15.0. The van der Waals surface area contributed by atoms with Crippen molar-refractivity contribution in [1.29, 1.82) is 0 Å². The van der Waals surface area contributed by atoms with Gasteiger partial charge < -0.3 is 15.2 Å². The third-order valence-corrected chi connectivity index (χ3v) is 3.91. The highest BCUT2D eigenvalue weighted by molar-refractivity contribution is 6.45. The van der Waals surface area contributed by atoms with E-state index in [1.165, 1.54) is 31.4 Å². The molecule has 0 aliphatic rings. The predicted molar refractivity (Wildman–Crippen MR) is 99.8 cm³/mol. The minimum Gasteiger partial charge on any atom is -0.507 e. The van der Waals surface area contributed by atoms with Gasteiger partial charge in [-0.2, -0.15) is 0 Å². The number of nitro groups is 1. The van der Waals surface area contributed by atoms with Gasteiger partial charge in [0.05, 0.1) is 12.0 Å². The molecule has 0 saturated carbocycles. The molecule has 2 aromatic carbocycles. The number of rotatable bonds is 6. The van der Waals surface area contributed by atoms with E-state index in [-0.39, 0.29) is 16.9 Å². The third kappa shape index (κ3) is 4.69. The monoisotopic (exact) mass is 370 g/mol. The molecule has 0 atom stereocenters. The molecule has 2 N–H and O–H groups in total. The summed E-state index contributed by atoms with van der Waals surface area (Å²) < 4.78 is 5.03. The summed E-state index contributed by atoms with van der Waals surface area (Å²) in [6, 6.07) is 9.04. The number of ether oxygens (including phenoxy) is 1. The van der Waals surface area contributed by atoms with E-state index in [2.05, 4.69) is 5.32 Å². The van der Waals surface area contributed by atoms with E-state index in [1.807, 2.05) is 0 Å². The summed E-state index contributed by atoms with van der Waals surface area (Å²) in [6.07, 6.45) is 0.747. The Hall–Kier alpha value is -3.68. The molecular weight excluding hydrogens is 352 g/mol. The van der Waals surface area contributed by atoms with Crippen LogP contribution in [0.25, 0.3) is 5.76 Å². The fourth-order valence-electron chi connectivity index (χ4n) is 2.29. The van der Waals surface area contributed by atoms with Crippen molar-refractivity contribution in [2.45, 2.75) is 13.8 Å². The van der Waals surface area contributed by atoms with Crippen LogP contribution in [-0.4, -0.2) is 28.8 Å². The van der Waals surface area contributed by atoms with Gasteiger partial charge in [-0.3, -0.25) is 19.7 Å². The van der Waals surface area contributed by atoms with Crippen LogP contribution in [0, 0.1) is 24.0 Å². The number of hydrogen-bond acceptors (Lipinski definition) is 6. The van der Waals surface area contributed by atoms with Crippen molar-refractivity contribution in [1.82, 2.24) is 0 Å². The van der Waals surface area contributed by atoms with Gasteiger partial charge in [0, 0.05) is 17.7 Å². The standard InChI is InChI=1S/C19H18N2O6/c1-11-7-15(16(21(25)26)8-12(11)2)20-19(24)18(23)10-17(22)13-5-4-6-14(9-13)27-3/h4-10,22H,1-3H3,(H,20,24). The number of nitrogens with zero attached hydrogens (tertiary/aromatic N) is 1. The van der Waals surface area contributed by atoms with Gasteiger partial charge in [-0.15, -0.1) is 0 Å². The van der Waals surface area contributed by atoms with Crippen molar-refractivity contribution in [3.8, 4) is 5.75 Å². The van der Waals surface area contributed by atoms with E-state index in [0.717, 1.165) is 11.6 Å². The van der Waals surface area contributed by atoms with E-state index >= 15 is 0 Å². The number of carbonyl (C=O) groups excluding carboxylic acids is 2. The molecule has 2 aromatic rings. The van der Waals surface area contributed by atoms with Gasteiger partial charge in [-0.05, 0) is 43.2 Å². The second-order valence-corrected chi connectivity index (χ2v) is 5.79. The number of benzene rings is 2. The van der Waals surface area contributed by atoms with Gasteiger partial charge >= 0.3 is 0 Å². The zero-order valence-corrected chi connectivity index (χ0v) is 15.0. The molecule has 0 heterocycles. The maximum absolute atomic E-state index is 12.1. The Bertz CT molecular complexity index is 949. The second-order valence-electron chi connectivity index (χ2n) is 5.79. The smallest absolute Gasteiger partial charge is 0.296 e. The molecule has 0 saturated heterocycles. The number of anilines is 1. The number of aliphatic hydroxyl groups is 1. The lowest BCUT2D eigenvalue weighted by molar-refractivity contribution is -0.384. The van der Waals surface area contributed by atoms with Gasteiger partial charge in [0.25, 0.3) is 11.6 Å². The average Bonchev–Trinajstić information content (AvgIpc) is 2.64. The van der Waals surface area contributed by atoms with Crippen molar-refractivity contribution >= 4 is 28.8 Å². The van der Waals surface area contributed by atoms with Crippen LogP contribution in [0.5, 0.6) is 5.75 Å². The van der Waals surface area contributed by atoms with Crippen LogP contribution in [0.2, 0.25) is 0 Å². The molecule has 1 amide bonds. The average molecular weight is 370 g/mol. The lowest BCUT2D eigenvalue weighted by Gasteiger charge is -2.08. The maximum Gasteiger partial charge on any atom is 0.296 e. The number of ketones is 1. The first-order chi connectivity index (χ1) is 12.7. The van der Waals surface area contributed by atoms with Crippen molar-refractivity contribution < 1.29 is 24.4 Å². The predicted octanol–water partition coefficient (Wildman–Crippen LogP) is 3.33. The highest BCUT2D eigenvalue weighted by Crippen LogP contribution is 2.28. The summed E-state index contributed by atoms with van der Waals surface area (Å²) in [5, 5.41) is 23.4. The molecule has 0 aliphatic heterocycles. The Labute approximate surface area is 155 Å². The molecule has 0 fully saturated rings. The van der Waals surface area contributed by atoms with E-state index in [4.69, 9.17) is 4.74 Å². The van der Waals surface area contributed by atoms with Gasteiger partial charge in [0.15, 0.2) is 0 Å². The largest absolute Gasteiger partial charge is 0.507 e. The van der Waals surface area contributed by atoms with Crippen LogP contribution in [0.1, 0.15) is 16.7 Å². The number of nitro benzene ring substituents is 1. The summed E-state index contributed by atoms with van der Waals surface area (Å²) in [5.41, 5.74) is 1.28. The molecule has 140 valence electrons. The summed E-state index contributed by atoms with van der Waals surface area (Å²) >= 11 is 0. The van der Waals surface area contributed by atoms with Crippen LogP contribution >= 0.6 is 0 Å². The number of hydrogen-bond donors (Lipinski definition) is 2. The molecular formula is C19H18N2O6. The zero-order chi connectivity index (χ0) is 20.1. The normalized spacial score (nSPS) is 11.0. The van der Waals surface area contributed by atoms with Crippen LogP contribution in [0.3, 0.4) is 0 Å². The van der Waals surface area contributed by atoms with Crippen LogP contribution in [-0.2, 0) is 9.59 Å². The van der Waals surface area contributed by atoms with Gasteiger partial charge in [0.2, 0.25) is 5.78 Å². The number of aryl methyl sites for hydroxylation is 2. The summed E-state index contributed by atoms with van der Waals surface area (Å²) in [6.45, 7) is 3.43. The fourth-order valence-corrected chi connectivity index (χ4v) is 2.29. The molecule has 0 bridgehead atoms. The maximum atomic E-state index is 12.1. The molecule has 0 aromatic heterocycles. The molecule has 27 heavy (non-hydrogen) atoms. The lowest BCUT2D eigenvalue weighted by Crippen LogP contribution is -2.22. The Balaban J connectivity index is 2.24. The Kier molecular flexibility index (Phi) is 5.92.